The lowest BCUT2D eigenvalue weighted by atomic mass is 9.95. The van der Waals surface area contributed by atoms with E-state index in [0.29, 0.717) is 24.7 Å². The highest BCUT2D eigenvalue weighted by molar-refractivity contribution is 5.68. The van der Waals surface area contributed by atoms with Crippen molar-refractivity contribution in [3.63, 3.8) is 0 Å². The number of amides is 1. The summed E-state index contributed by atoms with van der Waals surface area (Å²) in [5, 5.41) is 7.11. The van der Waals surface area contributed by atoms with Gasteiger partial charge in [-0.25, -0.2) is 9.18 Å². The van der Waals surface area contributed by atoms with Crippen molar-refractivity contribution in [3.05, 3.63) is 41.8 Å². The third-order valence-electron chi connectivity index (χ3n) is 4.11. The predicted molar refractivity (Wildman–Crippen MR) is 94.8 cm³/mol. The molecule has 0 bridgehead atoms. The number of aromatic nitrogens is 2. The number of hydrogen-bond acceptors (Lipinski definition) is 4. The van der Waals surface area contributed by atoms with Crippen LogP contribution in [0.2, 0.25) is 0 Å². The van der Waals surface area contributed by atoms with Crippen molar-refractivity contribution in [2.24, 2.45) is 0 Å². The normalized spacial score (nSPS) is 17.8. The molecular weight excluding hydrogens is 337 g/mol. The first-order valence-corrected chi connectivity index (χ1v) is 8.77. The van der Waals surface area contributed by atoms with Crippen LogP contribution in [0.1, 0.15) is 45.2 Å². The SMILES string of the molecule is CC(C)(C)OC(=O)N1CCC[C@H](c2cc(Oc3cccc(F)c3)n[nH]2)C1. The van der Waals surface area contributed by atoms with E-state index in [0.717, 1.165) is 18.5 Å². The molecule has 1 saturated heterocycles. The topological polar surface area (TPSA) is 67.4 Å². The highest BCUT2D eigenvalue weighted by Gasteiger charge is 2.29. The minimum absolute atomic E-state index is 0.133. The van der Waals surface area contributed by atoms with Gasteiger partial charge in [-0.2, -0.15) is 0 Å². The molecule has 1 atom stereocenters. The number of halogens is 1. The number of H-pyrrole nitrogens is 1. The lowest BCUT2D eigenvalue weighted by Gasteiger charge is -2.33. The molecule has 0 unspecified atom stereocenters. The minimum Gasteiger partial charge on any atom is -0.444 e. The number of benzene rings is 1. The second-order valence-electron chi connectivity index (χ2n) is 7.49. The molecule has 0 radical (unpaired) electrons. The van der Waals surface area contributed by atoms with Crippen LogP contribution in [0.25, 0.3) is 0 Å². The summed E-state index contributed by atoms with van der Waals surface area (Å²) in [4.78, 5) is 14.0. The summed E-state index contributed by atoms with van der Waals surface area (Å²) in [6.07, 6.45) is 1.54. The van der Waals surface area contributed by atoms with Crippen LogP contribution >= 0.6 is 0 Å². The Labute approximate surface area is 152 Å². The van der Waals surface area contributed by atoms with Gasteiger partial charge in [-0.15, -0.1) is 5.10 Å². The zero-order chi connectivity index (χ0) is 18.7. The molecule has 1 aromatic heterocycles. The van der Waals surface area contributed by atoms with Gasteiger partial charge in [0.1, 0.15) is 17.2 Å². The number of aromatic amines is 1. The molecule has 1 aliphatic rings. The third-order valence-corrected chi connectivity index (χ3v) is 4.11. The van der Waals surface area contributed by atoms with Crippen molar-refractivity contribution < 1.29 is 18.7 Å². The molecule has 3 rings (SSSR count). The molecule has 26 heavy (non-hydrogen) atoms. The molecule has 2 aromatic rings. The Morgan fingerprint density at radius 2 is 2.15 bits per heavy atom. The van der Waals surface area contributed by atoms with Crippen molar-refractivity contribution in [1.82, 2.24) is 15.1 Å². The number of carbonyl (C=O) groups excluding carboxylic acids is 1. The summed E-state index contributed by atoms with van der Waals surface area (Å²) in [6, 6.07) is 7.71. The quantitative estimate of drug-likeness (QED) is 0.877. The molecular formula is C19H24FN3O3. The number of hydrogen-bond donors (Lipinski definition) is 1. The molecule has 1 fully saturated rings. The van der Waals surface area contributed by atoms with Gasteiger partial charge in [-0.1, -0.05) is 6.07 Å². The van der Waals surface area contributed by atoms with Crippen molar-refractivity contribution in [3.8, 4) is 11.6 Å². The largest absolute Gasteiger partial charge is 0.444 e. The van der Waals surface area contributed by atoms with Crippen molar-refractivity contribution >= 4 is 6.09 Å². The molecule has 1 aromatic carbocycles. The second kappa shape index (κ2) is 7.35. The van der Waals surface area contributed by atoms with Crippen LogP contribution in [-0.2, 0) is 4.74 Å². The Bertz CT molecular complexity index is 769. The van der Waals surface area contributed by atoms with E-state index in [2.05, 4.69) is 10.2 Å². The standard InChI is InChI=1S/C19H24FN3O3/c1-19(2,3)26-18(24)23-9-5-6-13(12-23)16-11-17(22-21-16)25-15-8-4-7-14(20)10-15/h4,7-8,10-11,13H,5-6,9,12H2,1-3H3,(H,21,22)/t13-/m0/s1. The van der Waals surface area contributed by atoms with Crippen LogP contribution in [0, 0.1) is 5.82 Å². The lowest BCUT2D eigenvalue weighted by Crippen LogP contribution is -2.42. The average molecular weight is 361 g/mol. The van der Waals surface area contributed by atoms with Crippen LogP contribution in [0.5, 0.6) is 11.6 Å². The van der Waals surface area contributed by atoms with E-state index in [9.17, 15) is 9.18 Å². The zero-order valence-corrected chi connectivity index (χ0v) is 15.3. The average Bonchev–Trinajstić information content (AvgIpc) is 3.02. The van der Waals surface area contributed by atoms with E-state index in [1.54, 1.807) is 23.1 Å². The molecule has 0 aliphatic carbocycles. The summed E-state index contributed by atoms with van der Waals surface area (Å²) in [5.41, 5.74) is 0.383. The highest BCUT2D eigenvalue weighted by atomic mass is 19.1. The fraction of sp³-hybridized carbons (Fsp3) is 0.474. The smallest absolute Gasteiger partial charge is 0.410 e. The summed E-state index contributed by atoms with van der Waals surface area (Å²) >= 11 is 0. The zero-order valence-electron chi connectivity index (χ0n) is 15.3. The number of rotatable bonds is 3. The maximum Gasteiger partial charge on any atom is 0.410 e. The maximum absolute atomic E-state index is 13.2. The van der Waals surface area contributed by atoms with Gasteiger partial charge < -0.3 is 14.4 Å². The Kier molecular flexibility index (Phi) is 5.15. The van der Waals surface area contributed by atoms with E-state index in [1.165, 1.54) is 12.1 Å². The molecule has 1 N–H and O–H groups in total. The van der Waals surface area contributed by atoms with E-state index >= 15 is 0 Å². The second-order valence-corrected chi connectivity index (χ2v) is 7.49. The van der Waals surface area contributed by atoms with Gasteiger partial charge in [0.15, 0.2) is 0 Å². The number of nitrogens with zero attached hydrogens (tertiary/aromatic N) is 2. The molecule has 1 amide bonds. The number of nitrogens with one attached hydrogen (secondary N) is 1. The van der Waals surface area contributed by atoms with Crippen molar-refractivity contribution in [2.75, 3.05) is 13.1 Å². The molecule has 2 heterocycles. The van der Waals surface area contributed by atoms with Gasteiger partial charge >= 0.3 is 6.09 Å². The summed E-state index contributed by atoms with van der Waals surface area (Å²) in [7, 11) is 0. The minimum atomic E-state index is -0.510. The van der Waals surface area contributed by atoms with E-state index < -0.39 is 5.60 Å². The first-order chi connectivity index (χ1) is 12.3. The summed E-state index contributed by atoms with van der Waals surface area (Å²) in [5.74, 6) is 0.536. The van der Waals surface area contributed by atoms with Crippen LogP contribution in [0.4, 0.5) is 9.18 Å². The fourth-order valence-electron chi connectivity index (χ4n) is 2.95. The first-order valence-electron chi connectivity index (χ1n) is 8.77. The van der Waals surface area contributed by atoms with E-state index in [4.69, 9.17) is 9.47 Å². The number of piperidine rings is 1. The molecule has 140 valence electrons. The van der Waals surface area contributed by atoms with Gasteiger partial charge in [0.05, 0.1) is 0 Å². The van der Waals surface area contributed by atoms with Crippen LogP contribution < -0.4 is 4.74 Å². The lowest BCUT2D eigenvalue weighted by molar-refractivity contribution is 0.0197. The van der Waals surface area contributed by atoms with Gasteiger partial charge in [0.2, 0.25) is 5.88 Å². The van der Waals surface area contributed by atoms with Gasteiger partial charge in [0.25, 0.3) is 0 Å². The number of likely N-dealkylation sites (tertiary alicyclic amines) is 1. The van der Waals surface area contributed by atoms with Crippen molar-refractivity contribution in [1.29, 1.82) is 0 Å². The molecule has 0 spiro atoms. The predicted octanol–water partition coefficient (Wildman–Crippen LogP) is 4.46. The Hall–Kier alpha value is -2.57. The van der Waals surface area contributed by atoms with E-state index in [-0.39, 0.29) is 17.8 Å². The van der Waals surface area contributed by atoms with Crippen LogP contribution in [0.15, 0.2) is 30.3 Å². The highest BCUT2D eigenvalue weighted by Crippen LogP contribution is 2.29. The molecule has 0 saturated carbocycles. The van der Waals surface area contributed by atoms with Gasteiger partial charge in [-0.3, -0.25) is 5.10 Å². The summed E-state index contributed by atoms with van der Waals surface area (Å²) < 4.78 is 24.3. The fourth-order valence-corrected chi connectivity index (χ4v) is 2.95. The molecule has 7 heteroatoms. The first kappa shape index (κ1) is 18.2. The summed E-state index contributed by atoms with van der Waals surface area (Å²) in [6.45, 7) is 6.83. The van der Waals surface area contributed by atoms with Gasteiger partial charge in [0, 0.05) is 36.8 Å². The third kappa shape index (κ3) is 4.74. The Morgan fingerprint density at radius 3 is 2.88 bits per heavy atom. The van der Waals surface area contributed by atoms with Gasteiger partial charge in [-0.05, 0) is 45.7 Å². The molecule has 6 nitrogen and oxygen atoms in total. The number of carbonyl (C=O) groups is 1. The monoisotopic (exact) mass is 361 g/mol. The van der Waals surface area contributed by atoms with Crippen molar-refractivity contribution in [2.45, 2.75) is 45.1 Å². The Morgan fingerprint density at radius 1 is 1.35 bits per heavy atom. The van der Waals surface area contributed by atoms with Crippen LogP contribution in [-0.4, -0.2) is 39.9 Å². The number of ether oxygens (including phenoxy) is 2. The molecule has 1 aliphatic heterocycles. The maximum atomic E-state index is 13.2. The Balaban J connectivity index is 1.64. The van der Waals surface area contributed by atoms with Crippen LogP contribution in [0.3, 0.4) is 0 Å². The van der Waals surface area contributed by atoms with E-state index in [1.807, 2.05) is 20.8 Å².